The molecular formula is C16H17N5O3. The van der Waals surface area contributed by atoms with Crippen LogP contribution < -0.4 is 0 Å². The molecule has 1 fully saturated rings. The van der Waals surface area contributed by atoms with E-state index in [4.69, 9.17) is 9.26 Å². The first-order valence-corrected chi connectivity index (χ1v) is 7.73. The minimum absolute atomic E-state index is 0.0628. The summed E-state index contributed by atoms with van der Waals surface area (Å²) in [4.78, 5) is 19.2. The van der Waals surface area contributed by atoms with Gasteiger partial charge in [-0.2, -0.15) is 10.1 Å². The van der Waals surface area contributed by atoms with Crippen molar-refractivity contribution in [3.05, 3.63) is 41.7 Å². The summed E-state index contributed by atoms with van der Waals surface area (Å²) in [6.07, 6.45) is 2.27. The molecule has 4 rings (SSSR count). The summed E-state index contributed by atoms with van der Waals surface area (Å²) in [6.45, 7) is 2.24. The number of likely N-dealkylation sites (tertiary alicyclic amines) is 1. The number of nitrogens with zero attached hydrogens (tertiary/aromatic N) is 4. The van der Waals surface area contributed by atoms with E-state index < -0.39 is 0 Å². The minimum atomic E-state index is -0.290. The van der Waals surface area contributed by atoms with Gasteiger partial charge < -0.3 is 14.2 Å². The van der Waals surface area contributed by atoms with Gasteiger partial charge >= 0.3 is 0 Å². The number of carbonyl (C=O) groups is 1. The monoisotopic (exact) mass is 327 g/mol. The second-order valence-corrected chi connectivity index (χ2v) is 5.89. The predicted molar refractivity (Wildman–Crippen MR) is 84.3 cm³/mol. The number of benzene rings is 1. The lowest BCUT2D eigenvalue weighted by Crippen LogP contribution is -2.32. The molecule has 0 bridgehead atoms. The smallest absolute Gasteiger partial charge is 0.256 e. The van der Waals surface area contributed by atoms with E-state index in [-0.39, 0.29) is 18.1 Å². The Labute approximate surface area is 137 Å². The third-order valence-corrected chi connectivity index (χ3v) is 4.39. The molecule has 3 heterocycles. The molecule has 0 spiro atoms. The van der Waals surface area contributed by atoms with E-state index in [9.17, 15) is 4.79 Å². The van der Waals surface area contributed by atoms with E-state index in [0.717, 1.165) is 10.9 Å². The topological polar surface area (TPSA) is 97.1 Å². The lowest BCUT2D eigenvalue weighted by Gasteiger charge is -2.22. The molecule has 124 valence electrons. The number of hydrogen-bond acceptors (Lipinski definition) is 6. The van der Waals surface area contributed by atoms with E-state index >= 15 is 0 Å². The highest BCUT2D eigenvalue weighted by Gasteiger charge is 2.40. The van der Waals surface area contributed by atoms with Gasteiger partial charge in [0.15, 0.2) is 5.82 Å². The van der Waals surface area contributed by atoms with Gasteiger partial charge in [0.2, 0.25) is 5.89 Å². The van der Waals surface area contributed by atoms with Crippen LogP contribution >= 0.6 is 0 Å². The molecule has 1 aliphatic heterocycles. The summed E-state index contributed by atoms with van der Waals surface area (Å²) in [5, 5.41) is 11.7. The highest BCUT2D eigenvalue weighted by Crippen LogP contribution is 2.34. The first-order chi connectivity index (χ1) is 11.7. The lowest BCUT2D eigenvalue weighted by atomic mass is 10.1. The molecule has 8 nitrogen and oxygen atoms in total. The maximum atomic E-state index is 13.1. The molecule has 3 aromatic rings. The van der Waals surface area contributed by atoms with Gasteiger partial charge in [0.05, 0.1) is 23.4 Å². The normalized spacial score (nSPS) is 20.8. The van der Waals surface area contributed by atoms with E-state index in [0.29, 0.717) is 30.2 Å². The van der Waals surface area contributed by atoms with Crippen LogP contribution in [0.3, 0.4) is 0 Å². The Morgan fingerprint density at radius 3 is 3.08 bits per heavy atom. The van der Waals surface area contributed by atoms with Crippen molar-refractivity contribution in [1.82, 2.24) is 25.2 Å². The molecule has 0 saturated carbocycles. The van der Waals surface area contributed by atoms with Crippen LogP contribution in [0.1, 0.15) is 34.5 Å². The summed E-state index contributed by atoms with van der Waals surface area (Å²) in [5.41, 5.74) is 1.30. The number of aryl methyl sites for hydroxylation is 1. The maximum Gasteiger partial charge on any atom is 0.256 e. The number of nitrogens with one attached hydrogen (secondary N) is 1. The highest BCUT2D eigenvalue weighted by atomic mass is 16.5. The summed E-state index contributed by atoms with van der Waals surface area (Å²) in [5.74, 6) is 0.886. The maximum absolute atomic E-state index is 13.1. The average molecular weight is 327 g/mol. The molecule has 24 heavy (non-hydrogen) atoms. The van der Waals surface area contributed by atoms with Crippen LogP contribution in [0.25, 0.3) is 10.9 Å². The number of amides is 1. The quantitative estimate of drug-likeness (QED) is 0.788. The number of aromatic nitrogens is 4. The van der Waals surface area contributed by atoms with Crippen LogP contribution in [-0.2, 0) is 4.74 Å². The number of hydrogen-bond donors (Lipinski definition) is 1. The highest BCUT2D eigenvalue weighted by molar-refractivity contribution is 6.05. The molecule has 8 heteroatoms. The van der Waals surface area contributed by atoms with Crippen LogP contribution in [0, 0.1) is 6.92 Å². The summed E-state index contributed by atoms with van der Waals surface area (Å²) >= 11 is 0. The van der Waals surface area contributed by atoms with Crippen molar-refractivity contribution in [3.63, 3.8) is 0 Å². The Balaban J connectivity index is 1.72. The fraction of sp³-hybridized carbons (Fsp3) is 0.375. The van der Waals surface area contributed by atoms with Crippen LogP contribution in [0.4, 0.5) is 0 Å². The van der Waals surface area contributed by atoms with Gasteiger partial charge in [-0.3, -0.25) is 9.89 Å². The molecule has 1 aliphatic rings. The van der Waals surface area contributed by atoms with Crippen molar-refractivity contribution >= 4 is 16.8 Å². The van der Waals surface area contributed by atoms with E-state index in [1.54, 1.807) is 31.2 Å². The molecule has 0 radical (unpaired) electrons. The Bertz CT molecular complexity index is 887. The van der Waals surface area contributed by atoms with Gasteiger partial charge in [-0.1, -0.05) is 17.3 Å². The van der Waals surface area contributed by atoms with E-state index in [2.05, 4.69) is 20.3 Å². The summed E-state index contributed by atoms with van der Waals surface area (Å²) in [6, 6.07) is 5.26. The van der Waals surface area contributed by atoms with Gasteiger partial charge in [-0.05, 0) is 13.0 Å². The van der Waals surface area contributed by atoms with E-state index in [1.807, 2.05) is 12.1 Å². The van der Waals surface area contributed by atoms with E-state index in [1.165, 1.54) is 0 Å². The molecule has 0 aliphatic carbocycles. The molecule has 1 N–H and O–H groups in total. The molecule has 1 aromatic carbocycles. The molecule has 1 amide bonds. The Hall–Kier alpha value is -2.74. The van der Waals surface area contributed by atoms with Gasteiger partial charge in [-0.25, -0.2) is 0 Å². The second kappa shape index (κ2) is 5.72. The zero-order valence-corrected chi connectivity index (χ0v) is 13.4. The number of H-pyrrole nitrogens is 1. The van der Waals surface area contributed by atoms with Crippen LogP contribution in [0.5, 0.6) is 0 Å². The number of ether oxygens (including phenoxy) is 1. The Morgan fingerprint density at radius 1 is 1.46 bits per heavy atom. The SMILES string of the molecule is CO[C@@H]1C[C@H](c2nc(C)no2)N(C(=O)c2cccc3cn[nH]c23)C1. The molecule has 2 aromatic heterocycles. The molecule has 2 atom stereocenters. The van der Waals surface area contributed by atoms with Crippen molar-refractivity contribution in [1.29, 1.82) is 0 Å². The number of rotatable bonds is 3. The van der Waals surface area contributed by atoms with Crippen molar-refractivity contribution in [2.75, 3.05) is 13.7 Å². The number of para-hydroxylation sites is 1. The van der Waals surface area contributed by atoms with Gasteiger partial charge in [0.25, 0.3) is 5.91 Å². The summed E-state index contributed by atoms with van der Waals surface area (Å²) in [7, 11) is 1.64. The first-order valence-electron chi connectivity index (χ1n) is 7.73. The minimum Gasteiger partial charge on any atom is -0.380 e. The summed E-state index contributed by atoms with van der Waals surface area (Å²) < 4.78 is 10.8. The number of carbonyl (C=O) groups excluding carboxylic acids is 1. The zero-order chi connectivity index (χ0) is 16.7. The fourth-order valence-corrected chi connectivity index (χ4v) is 3.18. The van der Waals surface area contributed by atoms with Crippen molar-refractivity contribution in [2.24, 2.45) is 0 Å². The fourth-order valence-electron chi connectivity index (χ4n) is 3.18. The first kappa shape index (κ1) is 14.8. The Morgan fingerprint density at radius 2 is 2.33 bits per heavy atom. The van der Waals surface area contributed by atoms with Gasteiger partial charge in [0.1, 0.15) is 6.04 Å². The lowest BCUT2D eigenvalue weighted by molar-refractivity contribution is 0.0672. The van der Waals surface area contributed by atoms with Crippen molar-refractivity contribution in [2.45, 2.75) is 25.5 Å². The standard InChI is InChI=1S/C16H17N5O3/c1-9-18-15(24-20-9)13-6-11(23-2)8-21(13)16(22)12-5-3-4-10-7-17-19-14(10)12/h3-5,7,11,13H,6,8H2,1-2H3,(H,17,19)/t11-,13-/m1/s1. The van der Waals surface area contributed by atoms with Crippen molar-refractivity contribution < 1.29 is 14.1 Å². The number of fused-ring (bicyclic) bond motifs is 1. The number of aromatic amines is 1. The average Bonchev–Trinajstić information content (AvgIpc) is 3.31. The zero-order valence-electron chi connectivity index (χ0n) is 13.4. The Kier molecular flexibility index (Phi) is 3.53. The molecule has 0 unspecified atom stereocenters. The molecule has 1 saturated heterocycles. The van der Waals surface area contributed by atoms with Crippen LogP contribution in [0.2, 0.25) is 0 Å². The van der Waals surface area contributed by atoms with Gasteiger partial charge in [0, 0.05) is 25.5 Å². The van der Waals surface area contributed by atoms with Crippen LogP contribution in [0.15, 0.2) is 28.9 Å². The van der Waals surface area contributed by atoms with Crippen molar-refractivity contribution in [3.8, 4) is 0 Å². The van der Waals surface area contributed by atoms with Crippen LogP contribution in [-0.4, -0.2) is 50.9 Å². The largest absolute Gasteiger partial charge is 0.380 e. The number of methoxy groups -OCH3 is 1. The second-order valence-electron chi connectivity index (χ2n) is 5.89. The predicted octanol–water partition coefficient (Wildman–Crippen LogP) is 1.86. The third kappa shape index (κ3) is 2.35. The van der Waals surface area contributed by atoms with Gasteiger partial charge in [-0.15, -0.1) is 0 Å². The third-order valence-electron chi connectivity index (χ3n) is 4.39. The molecular weight excluding hydrogens is 310 g/mol.